The third kappa shape index (κ3) is 5.93. The Bertz CT molecular complexity index is 756. The number of rotatable bonds is 6. The van der Waals surface area contributed by atoms with Crippen molar-refractivity contribution in [1.29, 1.82) is 0 Å². The van der Waals surface area contributed by atoms with Gasteiger partial charge in [0.05, 0.1) is 19.6 Å². The Labute approximate surface area is 167 Å². The molecule has 0 fully saturated rings. The lowest BCUT2D eigenvalue weighted by atomic mass is 10.1. The van der Waals surface area contributed by atoms with Crippen LogP contribution in [0.15, 0.2) is 11.8 Å². The second-order valence-electron chi connectivity index (χ2n) is 6.88. The van der Waals surface area contributed by atoms with Gasteiger partial charge < -0.3 is 23.7 Å². The zero-order chi connectivity index (χ0) is 21.8. The van der Waals surface area contributed by atoms with E-state index in [0.29, 0.717) is 0 Å². The molecule has 0 radical (unpaired) electrons. The number of amides is 1. The lowest BCUT2D eigenvalue weighted by molar-refractivity contribution is -0.616. The Morgan fingerprint density at radius 3 is 2.52 bits per heavy atom. The second kappa shape index (κ2) is 8.93. The molecule has 0 aromatic rings. The first kappa shape index (κ1) is 22.2. The van der Waals surface area contributed by atoms with Gasteiger partial charge in [-0.15, -0.1) is 0 Å². The summed E-state index contributed by atoms with van der Waals surface area (Å²) in [4.78, 5) is 46.8. The first-order valence-electron chi connectivity index (χ1n) is 8.92. The molecule has 11 heteroatoms. The number of hydrazone groups is 1. The van der Waals surface area contributed by atoms with Gasteiger partial charge in [0.15, 0.2) is 12.3 Å². The summed E-state index contributed by atoms with van der Waals surface area (Å²) in [5, 5.41) is 1.52. The van der Waals surface area contributed by atoms with E-state index in [1.165, 1.54) is 36.7 Å². The van der Waals surface area contributed by atoms with Gasteiger partial charge >= 0.3 is 24.0 Å². The third-order valence-corrected chi connectivity index (χ3v) is 4.06. The van der Waals surface area contributed by atoms with Gasteiger partial charge in [0.25, 0.3) is 0 Å². The van der Waals surface area contributed by atoms with E-state index in [2.05, 4.69) is 0 Å². The van der Waals surface area contributed by atoms with Crippen molar-refractivity contribution in [3.8, 4) is 0 Å². The van der Waals surface area contributed by atoms with E-state index in [9.17, 15) is 19.2 Å². The van der Waals surface area contributed by atoms with Crippen molar-refractivity contribution in [2.45, 2.75) is 52.0 Å². The molecular weight excluding hydrogens is 388 g/mol. The molecule has 0 saturated heterocycles. The van der Waals surface area contributed by atoms with Gasteiger partial charge in [0.2, 0.25) is 5.79 Å². The lowest BCUT2D eigenvalue weighted by Gasteiger charge is -2.33. The number of carbonyl (C=O) groups is 4. The maximum atomic E-state index is 12.2. The maximum Gasteiger partial charge on any atom is 0.625 e. The molecule has 160 valence electrons. The van der Waals surface area contributed by atoms with E-state index in [0.717, 1.165) is 0 Å². The molecule has 11 nitrogen and oxygen atoms in total. The quantitative estimate of drug-likeness (QED) is 0.346. The number of methoxy groups -OCH3 is 1. The average Bonchev–Trinajstić information content (AvgIpc) is 2.99. The van der Waals surface area contributed by atoms with Crippen LogP contribution in [0.1, 0.15) is 34.1 Å². The molecule has 1 amide bonds. The standard InChI is InChI=1S/C18H25N2O9/c1-11(21)26-10-15(27-12(2)22)14-6-7-19(17(24)25-5)20(14)9-13-8-16(23)29-18(3,4)28-13/h7-8,14-15H,6,9-10H2,1-5H3/q+1/t14-,15-/m1/s1. The zero-order valence-corrected chi connectivity index (χ0v) is 17.0. The highest BCUT2D eigenvalue weighted by molar-refractivity contribution is 5.83. The summed E-state index contributed by atoms with van der Waals surface area (Å²) in [5.74, 6) is -2.63. The number of cyclic esters (lactones) is 1. The fraction of sp³-hybridized carbons (Fsp3) is 0.611. The molecular formula is C18H25N2O9+. The summed E-state index contributed by atoms with van der Waals surface area (Å²) >= 11 is 0. The molecule has 29 heavy (non-hydrogen) atoms. The van der Waals surface area contributed by atoms with Crippen molar-refractivity contribution in [3.63, 3.8) is 0 Å². The van der Waals surface area contributed by atoms with Gasteiger partial charge in [-0.25, -0.2) is 4.79 Å². The van der Waals surface area contributed by atoms with Crippen LogP contribution in [-0.4, -0.2) is 78.1 Å². The van der Waals surface area contributed by atoms with Crippen LogP contribution in [0.25, 0.3) is 0 Å². The van der Waals surface area contributed by atoms with Crippen molar-refractivity contribution >= 4 is 30.2 Å². The topological polar surface area (TPSA) is 121 Å². The fourth-order valence-electron chi connectivity index (χ4n) is 3.05. The predicted octanol–water partition coefficient (Wildman–Crippen LogP) is 0.514. The first-order chi connectivity index (χ1) is 13.5. The van der Waals surface area contributed by atoms with Gasteiger partial charge in [-0.05, 0) is 4.68 Å². The summed E-state index contributed by atoms with van der Waals surface area (Å²) < 4.78 is 27.1. The number of ether oxygens (including phenoxy) is 5. The van der Waals surface area contributed by atoms with Crippen LogP contribution in [0.2, 0.25) is 0 Å². The van der Waals surface area contributed by atoms with Gasteiger partial charge in [0, 0.05) is 27.7 Å². The molecule has 2 heterocycles. The molecule has 2 aliphatic rings. The fourth-order valence-corrected chi connectivity index (χ4v) is 3.05. The minimum atomic E-state index is -1.18. The molecule has 0 saturated carbocycles. The molecule has 0 unspecified atom stereocenters. The van der Waals surface area contributed by atoms with Gasteiger partial charge in [-0.3, -0.25) is 9.59 Å². The SMILES string of the molecule is COC(=O)[N+]1=CC[C@H]([C@@H](COC(C)=O)OC(C)=O)N1CC1=CC(=O)OC(C)(C)O1. The van der Waals surface area contributed by atoms with Gasteiger partial charge in [0.1, 0.15) is 25.0 Å². The van der Waals surface area contributed by atoms with Crippen molar-refractivity contribution in [2.75, 3.05) is 20.3 Å². The maximum absolute atomic E-state index is 12.2. The van der Waals surface area contributed by atoms with E-state index in [1.54, 1.807) is 20.1 Å². The number of hydrazine groups is 1. The summed E-state index contributed by atoms with van der Waals surface area (Å²) in [7, 11) is 1.22. The number of nitrogens with zero attached hydrogens (tertiary/aromatic N) is 2. The largest absolute Gasteiger partial charge is 0.625 e. The van der Waals surface area contributed by atoms with Crippen LogP contribution in [0.5, 0.6) is 0 Å². The van der Waals surface area contributed by atoms with E-state index < -0.39 is 41.9 Å². The van der Waals surface area contributed by atoms with Crippen LogP contribution in [0.4, 0.5) is 4.79 Å². The van der Waals surface area contributed by atoms with E-state index in [4.69, 9.17) is 23.7 Å². The number of esters is 3. The second-order valence-corrected chi connectivity index (χ2v) is 6.88. The molecule has 2 aliphatic heterocycles. The highest BCUT2D eigenvalue weighted by Gasteiger charge is 2.46. The summed E-state index contributed by atoms with van der Waals surface area (Å²) in [6.45, 7) is 5.39. The average molecular weight is 413 g/mol. The van der Waals surface area contributed by atoms with Gasteiger partial charge in [-0.2, -0.15) is 9.80 Å². The summed E-state index contributed by atoms with van der Waals surface area (Å²) in [6, 6.07) is -0.581. The lowest BCUT2D eigenvalue weighted by Crippen LogP contribution is -2.51. The highest BCUT2D eigenvalue weighted by atomic mass is 16.7. The molecule has 0 spiro atoms. The Kier molecular flexibility index (Phi) is 6.83. The minimum Gasteiger partial charge on any atom is -0.462 e. The van der Waals surface area contributed by atoms with E-state index >= 15 is 0 Å². The van der Waals surface area contributed by atoms with E-state index in [1.807, 2.05) is 0 Å². The Morgan fingerprint density at radius 2 is 1.97 bits per heavy atom. The number of hydrogen-bond acceptors (Lipinski definition) is 10. The van der Waals surface area contributed by atoms with Crippen LogP contribution in [0, 0.1) is 0 Å². The van der Waals surface area contributed by atoms with Gasteiger partial charge in [-0.1, -0.05) is 0 Å². The molecule has 0 aromatic carbocycles. The molecule has 0 aromatic heterocycles. The van der Waals surface area contributed by atoms with Crippen molar-refractivity contribution < 1.29 is 47.5 Å². The number of hydrogen-bond donors (Lipinski definition) is 0. The van der Waals surface area contributed by atoms with E-state index in [-0.39, 0.29) is 25.3 Å². The Balaban J connectivity index is 2.30. The summed E-state index contributed by atoms with van der Waals surface area (Å²) in [6.07, 6.45) is 1.46. The highest BCUT2D eigenvalue weighted by Crippen LogP contribution is 2.26. The predicted molar refractivity (Wildman–Crippen MR) is 95.4 cm³/mol. The molecule has 0 N–H and O–H groups in total. The smallest absolute Gasteiger partial charge is 0.462 e. The molecule has 0 bridgehead atoms. The normalized spacial score (nSPS) is 21.2. The minimum absolute atomic E-state index is 0.0212. The zero-order valence-electron chi connectivity index (χ0n) is 17.0. The molecule has 2 atom stereocenters. The van der Waals surface area contributed by atoms with Crippen LogP contribution >= 0.6 is 0 Å². The number of carbonyl (C=O) groups excluding carboxylic acids is 4. The van der Waals surface area contributed by atoms with Crippen LogP contribution < -0.4 is 0 Å². The Hall–Kier alpha value is -3.11. The Morgan fingerprint density at radius 1 is 1.28 bits per heavy atom. The first-order valence-corrected chi connectivity index (χ1v) is 8.92. The molecule has 2 rings (SSSR count). The third-order valence-electron chi connectivity index (χ3n) is 4.06. The summed E-state index contributed by atoms with van der Waals surface area (Å²) in [5.41, 5.74) is 0. The monoisotopic (exact) mass is 413 g/mol. The van der Waals surface area contributed by atoms with Crippen molar-refractivity contribution in [2.24, 2.45) is 0 Å². The van der Waals surface area contributed by atoms with Crippen molar-refractivity contribution in [3.05, 3.63) is 11.8 Å². The molecule has 0 aliphatic carbocycles. The van der Waals surface area contributed by atoms with Crippen molar-refractivity contribution in [1.82, 2.24) is 5.01 Å². The van der Waals surface area contributed by atoms with Crippen LogP contribution in [-0.2, 0) is 38.1 Å². The van der Waals surface area contributed by atoms with Crippen LogP contribution in [0.3, 0.4) is 0 Å².